The number of thiazole rings is 1. The zero-order valence-corrected chi connectivity index (χ0v) is 11.3. The van der Waals surface area contributed by atoms with Crippen molar-refractivity contribution < 1.29 is 5.11 Å². The average molecular weight is 311 g/mol. The summed E-state index contributed by atoms with van der Waals surface area (Å²) in [6, 6.07) is 4.79. The molecule has 2 rings (SSSR count). The van der Waals surface area contributed by atoms with Crippen molar-refractivity contribution >= 4 is 67.3 Å². The molecule has 0 spiro atoms. The second-order valence-electron chi connectivity index (χ2n) is 3.14. The van der Waals surface area contributed by atoms with Crippen molar-refractivity contribution in [1.29, 1.82) is 0 Å². The van der Waals surface area contributed by atoms with Crippen LogP contribution in [0.2, 0.25) is 0 Å². The van der Waals surface area contributed by atoms with Crippen molar-refractivity contribution in [3.63, 3.8) is 0 Å². The maximum absolute atomic E-state index is 9.31. The molecule has 1 aromatic heterocycles. The summed E-state index contributed by atoms with van der Waals surface area (Å²) in [6.45, 7) is 0. The summed E-state index contributed by atoms with van der Waals surface area (Å²) in [6.07, 6.45) is 0. The quantitative estimate of drug-likeness (QED) is 0.482. The molecule has 0 saturated heterocycles. The minimum Gasteiger partial charge on any atom is -0.508 e. The number of amidine groups is 1. The lowest BCUT2D eigenvalue weighted by Crippen LogP contribution is -2.27. The third kappa shape index (κ3) is 2.93. The van der Waals surface area contributed by atoms with Gasteiger partial charge in [-0.25, -0.2) is 9.98 Å². The summed E-state index contributed by atoms with van der Waals surface area (Å²) >= 11 is 17.9. The van der Waals surface area contributed by atoms with Gasteiger partial charge < -0.3 is 10.8 Å². The Morgan fingerprint density at radius 3 is 2.76 bits per heavy atom. The Hall–Kier alpha value is -0.750. The summed E-state index contributed by atoms with van der Waals surface area (Å²) in [5, 5.41) is 9.68. The fourth-order valence-corrected chi connectivity index (χ4v) is 2.12. The molecule has 0 atom stereocenters. The molecule has 1 aromatic carbocycles. The van der Waals surface area contributed by atoms with E-state index in [2.05, 4.69) is 9.98 Å². The highest BCUT2D eigenvalue weighted by Gasteiger charge is 2.25. The highest BCUT2D eigenvalue weighted by atomic mass is 35.6. The van der Waals surface area contributed by atoms with Crippen LogP contribution in [0.25, 0.3) is 10.2 Å². The number of nitrogens with zero attached hydrogens (tertiary/aromatic N) is 2. The molecule has 0 unspecified atom stereocenters. The monoisotopic (exact) mass is 309 g/mol. The zero-order chi connectivity index (χ0) is 12.6. The van der Waals surface area contributed by atoms with Crippen molar-refractivity contribution in [3.05, 3.63) is 18.2 Å². The number of benzene rings is 1. The van der Waals surface area contributed by atoms with Gasteiger partial charge in [0.25, 0.3) is 0 Å². The van der Waals surface area contributed by atoms with Gasteiger partial charge in [-0.15, -0.1) is 0 Å². The van der Waals surface area contributed by atoms with E-state index >= 15 is 0 Å². The van der Waals surface area contributed by atoms with Crippen LogP contribution in [0.15, 0.2) is 23.2 Å². The first-order chi connectivity index (χ1) is 7.86. The summed E-state index contributed by atoms with van der Waals surface area (Å²) < 4.78 is -0.971. The molecule has 2 aromatic rings. The number of hydrogen-bond donors (Lipinski definition) is 2. The molecule has 17 heavy (non-hydrogen) atoms. The molecule has 0 aliphatic rings. The molecular weight excluding hydrogens is 305 g/mol. The van der Waals surface area contributed by atoms with E-state index in [4.69, 9.17) is 40.5 Å². The topological polar surface area (TPSA) is 71.5 Å². The predicted molar refractivity (Wildman–Crippen MR) is 72.9 cm³/mol. The van der Waals surface area contributed by atoms with Crippen molar-refractivity contribution in [2.75, 3.05) is 0 Å². The van der Waals surface area contributed by atoms with E-state index < -0.39 is 3.79 Å². The molecule has 8 heteroatoms. The van der Waals surface area contributed by atoms with E-state index in [1.54, 1.807) is 12.1 Å². The van der Waals surface area contributed by atoms with Crippen LogP contribution in [0, 0.1) is 0 Å². The Morgan fingerprint density at radius 2 is 2.12 bits per heavy atom. The summed E-state index contributed by atoms with van der Waals surface area (Å²) in [7, 11) is 0. The normalized spacial score (nSPS) is 13.2. The Morgan fingerprint density at radius 1 is 1.41 bits per heavy atom. The molecule has 0 aliphatic heterocycles. The third-order valence-electron chi connectivity index (χ3n) is 1.87. The number of nitrogens with two attached hydrogens (primary N) is 1. The highest BCUT2D eigenvalue weighted by Crippen LogP contribution is 2.32. The molecule has 4 nitrogen and oxygen atoms in total. The van der Waals surface area contributed by atoms with Gasteiger partial charge in [-0.1, -0.05) is 46.1 Å². The number of aliphatic imine (C=N–C) groups is 1. The first-order valence-corrected chi connectivity index (χ1v) is 6.32. The van der Waals surface area contributed by atoms with Gasteiger partial charge in [0.15, 0.2) is 5.84 Å². The van der Waals surface area contributed by atoms with Crippen molar-refractivity contribution in [2.45, 2.75) is 3.79 Å². The highest BCUT2D eigenvalue weighted by molar-refractivity contribution is 7.22. The third-order valence-corrected chi connectivity index (χ3v) is 3.36. The summed E-state index contributed by atoms with van der Waals surface area (Å²) in [5.74, 6) is 0.0109. The Labute approximate surface area is 116 Å². The van der Waals surface area contributed by atoms with Crippen LogP contribution in [0.3, 0.4) is 0 Å². The van der Waals surface area contributed by atoms with Gasteiger partial charge in [0.2, 0.25) is 8.92 Å². The number of hydrogen-bond acceptors (Lipinski definition) is 4. The molecule has 0 fully saturated rings. The van der Waals surface area contributed by atoms with Crippen molar-refractivity contribution in [3.8, 4) is 5.75 Å². The zero-order valence-electron chi connectivity index (χ0n) is 8.19. The van der Waals surface area contributed by atoms with Crippen molar-refractivity contribution in [2.24, 2.45) is 10.7 Å². The van der Waals surface area contributed by atoms with Crippen LogP contribution in [-0.4, -0.2) is 19.7 Å². The van der Waals surface area contributed by atoms with E-state index in [9.17, 15) is 5.11 Å². The van der Waals surface area contributed by atoms with E-state index in [0.717, 1.165) is 4.70 Å². The fourth-order valence-electron chi connectivity index (χ4n) is 1.12. The standard InChI is InChI=1S/C9H6Cl3N3OS/c10-9(11,12)7(13)15-8-14-5-2-1-4(16)3-6(5)17-8/h1-3,16H,(H2,13,14,15). The maximum Gasteiger partial charge on any atom is 0.247 e. The van der Waals surface area contributed by atoms with Crippen LogP contribution in [-0.2, 0) is 0 Å². The van der Waals surface area contributed by atoms with Gasteiger partial charge in [-0.3, -0.25) is 0 Å². The molecule has 3 N–H and O–H groups in total. The van der Waals surface area contributed by atoms with Crippen LogP contribution in [0.4, 0.5) is 5.13 Å². The smallest absolute Gasteiger partial charge is 0.247 e. The maximum atomic E-state index is 9.31. The van der Waals surface area contributed by atoms with E-state index in [-0.39, 0.29) is 11.6 Å². The number of aromatic nitrogens is 1. The Kier molecular flexibility index (Phi) is 3.36. The van der Waals surface area contributed by atoms with Gasteiger partial charge in [0.05, 0.1) is 10.2 Å². The van der Waals surface area contributed by atoms with Gasteiger partial charge in [0, 0.05) is 0 Å². The first kappa shape index (κ1) is 12.7. The lowest BCUT2D eigenvalue weighted by atomic mass is 10.3. The lowest BCUT2D eigenvalue weighted by molar-refractivity contribution is 0.476. The molecule has 0 bridgehead atoms. The van der Waals surface area contributed by atoms with Crippen LogP contribution in [0.5, 0.6) is 5.75 Å². The number of halogens is 3. The second kappa shape index (κ2) is 4.49. The number of rotatable bonds is 1. The molecule has 0 radical (unpaired) electrons. The number of alkyl halides is 3. The average Bonchev–Trinajstić information content (AvgIpc) is 2.57. The number of fused-ring (bicyclic) bond motifs is 1. The van der Waals surface area contributed by atoms with E-state index in [1.807, 2.05) is 0 Å². The summed E-state index contributed by atoms with van der Waals surface area (Å²) in [5.41, 5.74) is 6.20. The fraction of sp³-hybridized carbons (Fsp3) is 0.111. The Bertz CT molecular complexity index is 591. The van der Waals surface area contributed by atoms with Gasteiger partial charge >= 0.3 is 0 Å². The van der Waals surface area contributed by atoms with Gasteiger partial charge in [-0.2, -0.15) is 0 Å². The molecule has 0 aliphatic carbocycles. The SMILES string of the molecule is N/C(=N\c1nc2ccc(O)cc2s1)C(Cl)(Cl)Cl. The summed E-state index contributed by atoms with van der Waals surface area (Å²) in [4.78, 5) is 8.09. The molecular formula is C9H6Cl3N3OS. The minimum absolute atomic E-state index is 0.147. The van der Waals surface area contributed by atoms with Crippen LogP contribution in [0.1, 0.15) is 0 Å². The molecule has 0 amide bonds. The second-order valence-corrected chi connectivity index (χ2v) is 6.43. The van der Waals surface area contributed by atoms with Gasteiger partial charge in [-0.05, 0) is 18.2 Å². The molecule has 90 valence electrons. The largest absolute Gasteiger partial charge is 0.508 e. The minimum atomic E-state index is -1.75. The number of aromatic hydroxyl groups is 1. The molecule has 1 heterocycles. The van der Waals surface area contributed by atoms with Crippen LogP contribution < -0.4 is 5.73 Å². The number of phenols is 1. The van der Waals surface area contributed by atoms with Crippen LogP contribution >= 0.6 is 46.1 Å². The van der Waals surface area contributed by atoms with E-state index in [1.165, 1.54) is 17.4 Å². The lowest BCUT2D eigenvalue weighted by Gasteiger charge is -2.07. The molecule has 0 saturated carbocycles. The Balaban J connectivity index is 2.44. The van der Waals surface area contributed by atoms with Gasteiger partial charge in [0.1, 0.15) is 5.75 Å². The van der Waals surface area contributed by atoms with Crippen molar-refractivity contribution in [1.82, 2.24) is 4.98 Å². The number of phenolic OH excluding ortho intramolecular Hbond substituents is 1. The van der Waals surface area contributed by atoms with E-state index in [0.29, 0.717) is 10.6 Å². The predicted octanol–water partition coefficient (Wildman–Crippen LogP) is 3.36. The first-order valence-electron chi connectivity index (χ1n) is 4.37.